The number of nitrogens with two attached hydrogens (primary N) is 1. The third-order valence-corrected chi connectivity index (χ3v) is 4.92. The first-order valence-electron chi connectivity index (χ1n) is 9.18. The Morgan fingerprint density at radius 2 is 2.04 bits per heavy atom. The summed E-state index contributed by atoms with van der Waals surface area (Å²) in [7, 11) is 0. The zero-order chi connectivity index (χ0) is 19.5. The minimum atomic E-state index is -0.248. The van der Waals surface area contributed by atoms with Crippen LogP contribution in [0.4, 0.5) is 4.39 Å². The van der Waals surface area contributed by atoms with Crippen molar-refractivity contribution in [3.63, 3.8) is 0 Å². The first-order chi connectivity index (χ1) is 13.6. The van der Waals surface area contributed by atoms with Gasteiger partial charge in [0.25, 0.3) is 0 Å². The minimum absolute atomic E-state index is 0.0951. The number of nitrogens with zero attached hydrogens (tertiary/aromatic N) is 3. The van der Waals surface area contributed by atoms with E-state index >= 15 is 0 Å². The van der Waals surface area contributed by atoms with E-state index in [2.05, 4.69) is 15.5 Å². The average molecular weight is 379 g/mol. The van der Waals surface area contributed by atoms with Crippen molar-refractivity contribution in [1.82, 2.24) is 15.4 Å². The van der Waals surface area contributed by atoms with E-state index in [1.54, 1.807) is 6.07 Å². The van der Waals surface area contributed by atoms with Crippen molar-refractivity contribution in [2.75, 3.05) is 13.3 Å². The van der Waals surface area contributed by atoms with Gasteiger partial charge in [-0.15, -0.1) is 0 Å². The normalized spacial score (nSPS) is 15.4. The predicted molar refractivity (Wildman–Crippen MR) is 106 cm³/mol. The fraction of sp³-hybridized carbons (Fsp3) is 0.238. The second-order valence-electron chi connectivity index (χ2n) is 6.83. The summed E-state index contributed by atoms with van der Waals surface area (Å²) in [5.41, 5.74) is 8.94. The maximum atomic E-state index is 14.7. The number of guanidine groups is 1. The lowest BCUT2D eigenvalue weighted by molar-refractivity contribution is 0.292. The Kier molecular flexibility index (Phi) is 5.08. The highest BCUT2D eigenvalue weighted by Crippen LogP contribution is 2.29. The molecular weight excluding hydrogens is 357 g/mol. The SMILES string of the molecule is CC(c1ccc(-c2ccccc2)c(F)c1)c1cc(CN2CNCN=C2N)on1. The second-order valence-corrected chi connectivity index (χ2v) is 6.83. The Morgan fingerprint density at radius 3 is 2.79 bits per heavy atom. The fourth-order valence-electron chi connectivity index (χ4n) is 3.26. The molecular formula is C21H22FN5O. The Morgan fingerprint density at radius 1 is 1.21 bits per heavy atom. The van der Waals surface area contributed by atoms with Gasteiger partial charge in [-0.3, -0.25) is 5.32 Å². The molecule has 0 amide bonds. The molecule has 0 aliphatic carbocycles. The van der Waals surface area contributed by atoms with Crippen LogP contribution in [0.25, 0.3) is 11.1 Å². The van der Waals surface area contributed by atoms with Crippen LogP contribution < -0.4 is 11.1 Å². The van der Waals surface area contributed by atoms with Crippen molar-refractivity contribution in [2.45, 2.75) is 19.4 Å². The monoisotopic (exact) mass is 379 g/mol. The summed E-state index contributed by atoms with van der Waals surface area (Å²) in [6.45, 7) is 3.58. The molecule has 4 rings (SSSR count). The van der Waals surface area contributed by atoms with Crippen LogP contribution >= 0.6 is 0 Å². The van der Waals surface area contributed by atoms with Gasteiger partial charge in [0.05, 0.1) is 25.6 Å². The van der Waals surface area contributed by atoms with Crippen molar-refractivity contribution in [2.24, 2.45) is 10.7 Å². The lowest BCUT2D eigenvalue weighted by Crippen LogP contribution is -2.46. The van der Waals surface area contributed by atoms with Gasteiger partial charge < -0.3 is 15.2 Å². The Bertz CT molecular complexity index is 985. The number of rotatable bonds is 5. The molecule has 0 bridgehead atoms. The molecule has 0 spiro atoms. The molecule has 2 aromatic carbocycles. The molecule has 1 aliphatic rings. The summed E-state index contributed by atoms with van der Waals surface area (Å²) in [6, 6.07) is 16.7. The van der Waals surface area contributed by atoms with E-state index in [9.17, 15) is 4.39 Å². The van der Waals surface area contributed by atoms with Crippen molar-refractivity contribution in [3.05, 3.63) is 77.4 Å². The maximum Gasteiger partial charge on any atom is 0.194 e. The van der Waals surface area contributed by atoms with E-state index in [-0.39, 0.29) is 11.7 Å². The lowest BCUT2D eigenvalue weighted by Gasteiger charge is -2.25. The maximum absolute atomic E-state index is 14.7. The van der Waals surface area contributed by atoms with E-state index in [1.807, 2.05) is 60.4 Å². The van der Waals surface area contributed by atoms with Crippen LogP contribution in [0.5, 0.6) is 0 Å². The molecule has 1 unspecified atom stereocenters. The van der Waals surface area contributed by atoms with Gasteiger partial charge in [0.1, 0.15) is 5.82 Å². The van der Waals surface area contributed by atoms with Crippen LogP contribution in [0.1, 0.15) is 29.9 Å². The largest absolute Gasteiger partial charge is 0.370 e. The summed E-state index contributed by atoms with van der Waals surface area (Å²) < 4.78 is 20.1. The Balaban J connectivity index is 1.51. The van der Waals surface area contributed by atoms with Crippen molar-refractivity contribution in [3.8, 4) is 11.1 Å². The van der Waals surface area contributed by atoms with E-state index in [0.717, 1.165) is 16.8 Å². The molecule has 144 valence electrons. The van der Waals surface area contributed by atoms with Crippen molar-refractivity contribution < 1.29 is 8.91 Å². The first-order valence-corrected chi connectivity index (χ1v) is 9.18. The summed E-state index contributed by atoms with van der Waals surface area (Å²) in [5.74, 6) is 0.818. The molecule has 1 atom stereocenters. The van der Waals surface area contributed by atoms with Crippen LogP contribution in [-0.4, -0.2) is 29.4 Å². The molecule has 0 radical (unpaired) electrons. The number of nitrogens with one attached hydrogen (secondary N) is 1. The highest BCUT2D eigenvalue weighted by molar-refractivity contribution is 5.78. The third kappa shape index (κ3) is 3.75. The van der Waals surface area contributed by atoms with E-state index in [4.69, 9.17) is 10.3 Å². The van der Waals surface area contributed by atoms with Crippen molar-refractivity contribution in [1.29, 1.82) is 0 Å². The van der Waals surface area contributed by atoms with Gasteiger partial charge >= 0.3 is 0 Å². The van der Waals surface area contributed by atoms with Gasteiger partial charge in [-0.25, -0.2) is 9.38 Å². The van der Waals surface area contributed by atoms with Gasteiger partial charge in [-0.05, 0) is 17.2 Å². The molecule has 3 aromatic rings. The molecule has 1 aliphatic heterocycles. The number of halogens is 1. The highest BCUT2D eigenvalue weighted by Gasteiger charge is 2.19. The van der Waals surface area contributed by atoms with E-state index in [0.29, 0.717) is 37.2 Å². The molecule has 2 heterocycles. The number of hydrogen-bond donors (Lipinski definition) is 2. The van der Waals surface area contributed by atoms with E-state index < -0.39 is 0 Å². The standard InChI is InChI=1S/C21H22FN5O/c1-14(16-7-8-18(19(22)9-16)15-5-3-2-4-6-15)20-10-17(28-26-20)11-27-13-24-12-25-21(27)23/h2-10,14,24H,11-13H2,1H3,(H2,23,25). The zero-order valence-corrected chi connectivity index (χ0v) is 15.6. The van der Waals surface area contributed by atoms with Crippen LogP contribution in [0, 0.1) is 5.82 Å². The molecule has 28 heavy (non-hydrogen) atoms. The summed E-state index contributed by atoms with van der Waals surface area (Å²) in [6.07, 6.45) is 0. The summed E-state index contributed by atoms with van der Waals surface area (Å²) in [5, 5.41) is 7.29. The number of aromatic nitrogens is 1. The van der Waals surface area contributed by atoms with Crippen LogP contribution in [0.3, 0.4) is 0 Å². The zero-order valence-electron chi connectivity index (χ0n) is 15.6. The smallest absolute Gasteiger partial charge is 0.194 e. The van der Waals surface area contributed by atoms with Crippen LogP contribution in [0.15, 0.2) is 64.1 Å². The average Bonchev–Trinajstić information content (AvgIpc) is 3.18. The molecule has 7 heteroatoms. The highest BCUT2D eigenvalue weighted by atomic mass is 19.1. The number of hydrogen-bond acceptors (Lipinski definition) is 6. The van der Waals surface area contributed by atoms with Crippen LogP contribution in [0.2, 0.25) is 0 Å². The van der Waals surface area contributed by atoms with Crippen LogP contribution in [-0.2, 0) is 6.54 Å². The Labute approximate surface area is 162 Å². The quantitative estimate of drug-likeness (QED) is 0.711. The molecule has 6 nitrogen and oxygen atoms in total. The van der Waals surface area contributed by atoms with Gasteiger partial charge in [-0.1, -0.05) is 54.5 Å². The Hall–Kier alpha value is -3.19. The van der Waals surface area contributed by atoms with Gasteiger partial charge in [0.2, 0.25) is 0 Å². The van der Waals surface area contributed by atoms with Crippen molar-refractivity contribution >= 4 is 5.96 Å². The fourth-order valence-corrected chi connectivity index (χ4v) is 3.26. The first kappa shape index (κ1) is 18.2. The number of aliphatic imine (C=N–C) groups is 1. The molecule has 0 saturated heterocycles. The second kappa shape index (κ2) is 7.82. The topological polar surface area (TPSA) is 79.7 Å². The molecule has 0 saturated carbocycles. The molecule has 3 N–H and O–H groups in total. The van der Waals surface area contributed by atoms with Gasteiger partial charge in [0, 0.05) is 17.5 Å². The summed E-state index contributed by atoms with van der Waals surface area (Å²) >= 11 is 0. The minimum Gasteiger partial charge on any atom is -0.370 e. The third-order valence-electron chi connectivity index (χ3n) is 4.92. The number of benzene rings is 2. The molecule has 0 fully saturated rings. The molecule has 1 aromatic heterocycles. The lowest BCUT2D eigenvalue weighted by atomic mass is 9.94. The van der Waals surface area contributed by atoms with E-state index in [1.165, 1.54) is 0 Å². The van der Waals surface area contributed by atoms with Gasteiger partial charge in [0.15, 0.2) is 11.7 Å². The van der Waals surface area contributed by atoms with Gasteiger partial charge in [-0.2, -0.15) is 0 Å². The predicted octanol–water partition coefficient (Wildman–Crippen LogP) is 3.27. The summed E-state index contributed by atoms with van der Waals surface area (Å²) in [4.78, 5) is 6.01.